The monoisotopic (exact) mass is 475 g/mol. The van der Waals surface area contributed by atoms with Gasteiger partial charge in [0.1, 0.15) is 5.82 Å². The lowest BCUT2D eigenvalue weighted by Crippen LogP contribution is -2.31. The standard InChI is InChI=1S/C28H34FN5O/c1-18-13-22(8-9-25(18)29)26(21-6-7-21)31-27(35)23-14-20(17-33-12-11-32(3)28(33)30)15-24(16-23)34-10-4-5-19(34)2/h8-9,11-16,19,21,26,30H,4-7,10,17H2,1-3H3,(H,31,35)/t19-,26+/m1/s1. The number of nitrogens with one attached hydrogen (secondary N) is 2. The number of carbonyl (C=O) groups excluding carboxylic acids is 1. The summed E-state index contributed by atoms with van der Waals surface area (Å²) in [5.74, 6) is 0.0534. The van der Waals surface area contributed by atoms with E-state index in [1.165, 1.54) is 6.07 Å². The summed E-state index contributed by atoms with van der Waals surface area (Å²) >= 11 is 0. The van der Waals surface area contributed by atoms with Crippen molar-refractivity contribution in [1.29, 1.82) is 5.41 Å². The third-order valence-electron chi connectivity index (χ3n) is 7.47. The molecule has 5 rings (SSSR count). The van der Waals surface area contributed by atoms with Crippen molar-refractivity contribution < 1.29 is 9.18 Å². The first-order chi connectivity index (χ1) is 16.8. The van der Waals surface area contributed by atoms with E-state index in [9.17, 15) is 9.18 Å². The Labute approximate surface area is 205 Å². The number of aromatic nitrogens is 2. The number of carbonyl (C=O) groups is 1. The van der Waals surface area contributed by atoms with Gasteiger partial charge in [-0.1, -0.05) is 12.1 Å². The molecule has 184 valence electrons. The number of nitrogens with zero attached hydrogens (tertiary/aromatic N) is 3. The first kappa shape index (κ1) is 23.4. The van der Waals surface area contributed by atoms with Crippen LogP contribution in [0.5, 0.6) is 0 Å². The molecule has 1 amide bonds. The lowest BCUT2D eigenvalue weighted by atomic mass is 9.99. The molecular weight excluding hydrogens is 441 g/mol. The van der Waals surface area contributed by atoms with Crippen molar-refractivity contribution in [2.24, 2.45) is 13.0 Å². The molecule has 2 aromatic carbocycles. The first-order valence-corrected chi connectivity index (χ1v) is 12.5. The van der Waals surface area contributed by atoms with Gasteiger partial charge in [0.25, 0.3) is 5.91 Å². The van der Waals surface area contributed by atoms with Gasteiger partial charge in [0, 0.05) is 43.3 Å². The summed E-state index contributed by atoms with van der Waals surface area (Å²) in [6.07, 6.45) is 8.18. The van der Waals surface area contributed by atoms with Gasteiger partial charge in [0.2, 0.25) is 5.62 Å². The van der Waals surface area contributed by atoms with Crippen molar-refractivity contribution in [3.8, 4) is 0 Å². The van der Waals surface area contributed by atoms with Crippen LogP contribution in [0.2, 0.25) is 0 Å². The molecule has 2 aliphatic rings. The molecule has 1 saturated heterocycles. The van der Waals surface area contributed by atoms with Crippen LogP contribution in [0, 0.1) is 24.1 Å². The molecule has 0 radical (unpaired) electrons. The van der Waals surface area contributed by atoms with Crippen molar-refractivity contribution in [2.45, 2.75) is 58.2 Å². The fraction of sp³-hybridized carbons (Fsp3) is 0.429. The van der Waals surface area contributed by atoms with Gasteiger partial charge in [-0.25, -0.2) is 4.39 Å². The second-order valence-corrected chi connectivity index (χ2v) is 10.2. The Morgan fingerprint density at radius 2 is 1.97 bits per heavy atom. The van der Waals surface area contributed by atoms with Crippen LogP contribution in [0.15, 0.2) is 48.8 Å². The number of anilines is 1. The number of hydrogen-bond acceptors (Lipinski definition) is 3. The summed E-state index contributed by atoms with van der Waals surface area (Å²) < 4.78 is 17.5. The third-order valence-corrected chi connectivity index (χ3v) is 7.47. The Morgan fingerprint density at radius 1 is 1.17 bits per heavy atom. The van der Waals surface area contributed by atoms with E-state index in [1.54, 1.807) is 17.6 Å². The van der Waals surface area contributed by atoms with Crippen LogP contribution in [0.1, 0.15) is 65.7 Å². The third kappa shape index (κ3) is 4.90. The zero-order chi connectivity index (χ0) is 24.7. The summed E-state index contributed by atoms with van der Waals surface area (Å²) in [6.45, 7) is 5.50. The average molecular weight is 476 g/mol. The number of aryl methyl sites for hydroxylation is 2. The van der Waals surface area contributed by atoms with Crippen LogP contribution in [0.4, 0.5) is 10.1 Å². The Bertz CT molecular complexity index is 1300. The molecule has 7 heteroatoms. The van der Waals surface area contributed by atoms with E-state index in [0.29, 0.717) is 35.2 Å². The molecule has 1 aliphatic heterocycles. The molecule has 3 aromatic rings. The molecule has 2 heterocycles. The summed E-state index contributed by atoms with van der Waals surface area (Å²) in [4.78, 5) is 16.0. The minimum atomic E-state index is -0.223. The van der Waals surface area contributed by atoms with E-state index in [0.717, 1.165) is 49.0 Å². The normalized spacial score (nSPS) is 18.6. The summed E-state index contributed by atoms with van der Waals surface area (Å²) in [7, 11) is 1.86. The fourth-order valence-electron chi connectivity index (χ4n) is 5.22. The molecular formula is C28H34FN5O. The first-order valence-electron chi connectivity index (χ1n) is 12.5. The van der Waals surface area contributed by atoms with E-state index >= 15 is 0 Å². The van der Waals surface area contributed by atoms with Crippen LogP contribution in [-0.2, 0) is 13.6 Å². The quantitative estimate of drug-likeness (QED) is 0.522. The van der Waals surface area contributed by atoms with Crippen molar-refractivity contribution in [1.82, 2.24) is 14.5 Å². The maximum atomic E-state index is 13.9. The van der Waals surface area contributed by atoms with E-state index in [2.05, 4.69) is 23.2 Å². The topological polar surface area (TPSA) is 66.0 Å². The van der Waals surface area contributed by atoms with Crippen molar-refractivity contribution >= 4 is 11.6 Å². The highest BCUT2D eigenvalue weighted by Gasteiger charge is 2.34. The van der Waals surface area contributed by atoms with Crippen LogP contribution >= 0.6 is 0 Å². The second-order valence-electron chi connectivity index (χ2n) is 10.2. The Kier molecular flexibility index (Phi) is 6.26. The van der Waals surface area contributed by atoms with Crippen LogP contribution in [0.3, 0.4) is 0 Å². The van der Waals surface area contributed by atoms with E-state index in [4.69, 9.17) is 5.41 Å². The largest absolute Gasteiger partial charge is 0.369 e. The molecule has 2 atom stereocenters. The van der Waals surface area contributed by atoms with Gasteiger partial charge in [-0.3, -0.25) is 10.2 Å². The summed E-state index contributed by atoms with van der Waals surface area (Å²) in [5, 5.41) is 11.6. The van der Waals surface area contributed by atoms with Crippen LogP contribution in [0.25, 0.3) is 0 Å². The van der Waals surface area contributed by atoms with Gasteiger partial charge in [-0.15, -0.1) is 0 Å². The maximum Gasteiger partial charge on any atom is 0.251 e. The molecule has 1 aliphatic carbocycles. The number of rotatable bonds is 7. The highest BCUT2D eigenvalue weighted by Crippen LogP contribution is 2.41. The molecule has 0 unspecified atom stereocenters. The van der Waals surface area contributed by atoms with Crippen molar-refractivity contribution in [3.63, 3.8) is 0 Å². The van der Waals surface area contributed by atoms with Gasteiger partial charge >= 0.3 is 0 Å². The molecule has 6 nitrogen and oxygen atoms in total. The second kappa shape index (κ2) is 9.36. The van der Waals surface area contributed by atoms with E-state index < -0.39 is 0 Å². The average Bonchev–Trinajstić information content (AvgIpc) is 3.52. The highest BCUT2D eigenvalue weighted by atomic mass is 19.1. The van der Waals surface area contributed by atoms with Crippen molar-refractivity contribution in [3.05, 3.63) is 82.5 Å². The molecule has 2 fully saturated rings. The number of benzene rings is 2. The molecule has 2 N–H and O–H groups in total. The Balaban J connectivity index is 1.47. The zero-order valence-corrected chi connectivity index (χ0v) is 20.7. The highest BCUT2D eigenvalue weighted by molar-refractivity contribution is 5.95. The van der Waals surface area contributed by atoms with E-state index in [-0.39, 0.29) is 17.8 Å². The molecule has 0 bridgehead atoms. The molecule has 0 spiro atoms. The Hall–Kier alpha value is -3.35. The lowest BCUT2D eigenvalue weighted by molar-refractivity contribution is 0.0931. The maximum absolute atomic E-state index is 13.9. The number of imidazole rings is 1. The predicted octanol–water partition coefficient (Wildman–Crippen LogP) is 4.67. The van der Waals surface area contributed by atoms with Crippen LogP contribution < -0.4 is 15.8 Å². The molecule has 35 heavy (non-hydrogen) atoms. The molecule has 1 saturated carbocycles. The van der Waals surface area contributed by atoms with Gasteiger partial charge < -0.3 is 19.4 Å². The minimum Gasteiger partial charge on any atom is -0.369 e. The van der Waals surface area contributed by atoms with Gasteiger partial charge in [-0.2, -0.15) is 0 Å². The van der Waals surface area contributed by atoms with Gasteiger partial charge in [0.15, 0.2) is 0 Å². The number of hydrogen-bond donors (Lipinski definition) is 2. The van der Waals surface area contributed by atoms with Gasteiger partial charge in [-0.05, 0) is 86.4 Å². The predicted molar refractivity (Wildman–Crippen MR) is 135 cm³/mol. The van der Waals surface area contributed by atoms with Crippen LogP contribution in [-0.4, -0.2) is 27.6 Å². The number of halogens is 1. The molecule has 1 aromatic heterocycles. The summed E-state index contributed by atoms with van der Waals surface area (Å²) in [6, 6.07) is 11.5. The Morgan fingerprint density at radius 3 is 2.60 bits per heavy atom. The fourth-order valence-corrected chi connectivity index (χ4v) is 5.22. The van der Waals surface area contributed by atoms with E-state index in [1.807, 2.05) is 42.2 Å². The minimum absolute atomic E-state index is 0.108. The van der Waals surface area contributed by atoms with Gasteiger partial charge in [0.05, 0.1) is 12.6 Å². The number of amides is 1. The SMILES string of the molecule is Cc1cc([C@@H](NC(=O)c2cc(Cn3ccn(C)c3=N)cc(N3CCC[C@H]3C)c2)C2CC2)ccc1F. The smallest absolute Gasteiger partial charge is 0.251 e. The zero-order valence-electron chi connectivity index (χ0n) is 20.7. The van der Waals surface area contributed by atoms with Crippen molar-refractivity contribution in [2.75, 3.05) is 11.4 Å². The summed E-state index contributed by atoms with van der Waals surface area (Å²) in [5.41, 5.74) is 4.66. The lowest BCUT2D eigenvalue weighted by Gasteiger charge is -2.26.